The Morgan fingerprint density at radius 1 is 1.48 bits per heavy atom. The molecule has 1 rings (SSSR count). The molecule has 0 aliphatic heterocycles. The van der Waals surface area contributed by atoms with E-state index in [4.69, 9.17) is 16.3 Å². The van der Waals surface area contributed by atoms with Gasteiger partial charge in [-0.2, -0.15) is 0 Å². The maximum Gasteiger partial charge on any atom is 0.225 e. The van der Waals surface area contributed by atoms with E-state index in [0.29, 0.717) is 24.4 Å². The van der Waals surface area contributed by atoms with E-state index >= 15 is 0 Å². The normalized spacial score (nSPS) is 13.0. The Kier molecular flexibility index (Phi) is 7.15. The predicted octanol–water partition coefficient (Wildman–Crippen LogP) is 2.42. The molecule has 2 N–H and O–H groups in total. The number of halogens is 1. The zero-order chi connectivity index (χ0) is 15.9. The summed E-state index contributed by atoms with van der Waals surface area (Å²) in [6.45, 7) is 4.51. The molecule has 0 heterocycles. The minimum absolute atomic E-state index is 0.0351. The molecule has 1 unspecified atom stereocenters. The van der Waals surface area contributed by atoms with Gasteiger partial charge in [0.1, 0.15) is 0 Å². The van der Waals surface area contributed by atoms with Crippen LogP contribution in [-0.4, -0.2) is 37.4 Å². The highest BCUT2D eigenvalue weighted by Crippen LogP contribution is 2.23. The maximum absolute atomic E-state index is 12.2. The van der Waals surface area contributed by atoms with Crippen LogP contribution in [0.3, 0.4) is 0 Å². The lowest BCUT2D eigenvalue weighted by atomic mass is 9.85. The van der Waals surface area contributed by atoms with E-state index in [0.717, 1.165) is 5.56 Å². The summed E-state index contributed by atoms with van der Waals surface area (Å²) in [5.74, 6) is -0.0351. The van der Waals surface area contributed by atoms with Crippen LogP contribution in [-0.2, 0) is 16.0 Å². The van der Waals surface area contributed by atoms with Crippen LogP contribution in [0.15, 0.2) is 24.3 Å². The fraction of sp³-hybridized carbons (Fsp3) is 0.562. The number of aliphatic hydroxyl groups is 1. The molecule has 0 aliphatic carbocycles. The Bertz CT molecular complexity index is 463. The summed E-state index contributed by atoms with van der Waals surface area (Å²) in [6, 6.07) is 7.53. The molecule has 21 heavy (non-hydrogen) atoms. The first-order chi connectivity index (χ1) is 9.85. The van der Waals surface area contributed by atoms with Crippen molar-refractivity contribution >= 4 is 17.5 Å². The van der Waals surface area contributed by atoms with Crippen molar-refractivity contribution in [3.63, 3.8) is 0 Å². The van der Waals surface area contributed by atoms with Crippen LogP contribution in [0.4, 0.5) is 0 Å². The van der Waals surface area contributed by atoms with Gasteiger partial charge in [-0.05, 0) is 30.5 Å². The molecule has 1 aromatic rings. The number of benzene rings is 1. The Labute approximate surface area is 131 Å². The third kappa shape index (κ3) is 6.46. The molecule has 118 valence electrons. The van der Waals surface area contributed by atoms with Crippen LogP contribution in [0, 0.1) is 5.41 Å². The molecule has 0 saturated heterocycles. The quantitative estimate of drug-likeness (QED) is 0.775. The third-order valence-corrected chi connectivity index (χ3v) is 3.51. The van der Waals surface area contributed by atoms with Crippen LogP contribution in [0.5, 0.6) is 0 Å². The topological polar surface area (TPSA) is 58.6 Å². The monoisotopic (exact) mass is 313 g/mol. The van der Waals surface area contributed by atoms with Gasteiger partial charge in [-0.3, -0.25) is 4.79 Å². The van der Waals surface area contributed by atoms with Crippen LogP contribution in [0.25, 0.3) is 0 Å². The average Bonchev–Trinajstić information content (AvgIpc) is 2.38. The zero-order valence-corrected chi connectivity index (χ0v) is 13.6. The Hall–Kier alpha value is -1.10. The highest BCUT2D eigenvalue weighted by molar-refractivity contribution is 6.30. The first-order valence-corrected chi connectivity index (χ1v) is 7.42. The van der Waals surface area contributed by atoms with Crippen LogP contribution in [0.2, 0.25) is 5.02 Å². The summed E-state index contributed by atoms with van der Waals surface area (Å²) in [5.41, 5.74) is 0.499. The number of ether oxygens (including phenoxy) is 1. The van der Waals surface area contributed by atoms with E-state index in [9.17, 15) is 9.90 Å². The van der Waals surface area contributed by atoms with Crippen molar-refractivity contribution in [2.45, 2.75) is 32.8 Å². The third-order valence-electron chi connectivity index (χ3n) is 3.27. The molecule has 4 nitrogen and oxygen atoms in total. The lowest BCUT2D eigenvalue weighted by Gasteiger charge is -2.24. The van der Waals surface area contributed by atoms with Gasteiger partial charge in [0.2, 0.25) is 5.91 Å². The van der Waals surface area contributed by atoms with Gasteiger partial charge in [-0.15, -0.1) is 0 Å². The number of carbonyl (C=O) groups excluding carboxylic acids is 1. The fourth-order valence-electron chi connectivity index (χ4n) is 2.10. The lowest BCUT2D eigenvalue weighted by molar-refractivity contribution is -0.129. The minimum Gasteiger partial charge on any atom is -0.391 e. The molecule has 0 spiro atoms. The van der Waals surface area contributed by atoms with Crippen LogP contribution < -0.4 is 5.32 Å². The second-order valence-electron chi connectivity index (χ2n) is 5.84. The number of hydrogen-bond donors (Lipinski definition) is 2. The molecule has 0 aliphatic rings. The highest BCUT2D eigenvalue weighted by atomic mass is 35.5. The maximum atomic E-state index is 12.2. The lowest BCUT2D eigenvalue weighted by Crippen LogP contribution is -2.39. The summed E-state index contributed by atoms with van der Waals surface area (Å²) in [6.07, 6.45) is 0.540. The molecule has 0 aromatic heterocycles. The molecule has 0 fully saturated rings. The van der Waals surface area contributed by atoms with Crippen molar-refractivity contribution in [1.82, 2.24) is 5.32 Å². The van der Waals surface area contributed by atoms with Gasteiger partial charge in [-0.25, -0.2) is 0 Å². The number of rotatable bonds is 8. The predicted molar refractivity (Wildman–Crippen MR) is 84.4 cm³/mol. The smallest absolute Gasteiger partial charge is 0.225 e. The van der Waals surface area contributed by atoms with Crippen molar-refractivity contribution in [3.05, 3.63) is 34.9 Å². The van der Waals surface area contributed by atoms with Crippen molar-refractivity contribution in [3.8, 4) is 0 Å². The molecule has 1 amide bonds. The van der Waals surface area contributed by atoms with Gasteiger partial charge >= 0.3 is 0 Å². The van der Waals surface area contributed by atoms with E-state index in [1.54, 1.807) is 0 Å². The molecule has 1 atom stereocenters. The molecular weight excluding hydrogens is 290 g/mol. The van der Waals surface area contributed by atoms with E-state index in [1.165, 1.54) is 7.11 Å². The van der Waals surface area contributed by atoms with Gasteiger partial charge < -0.3 is 15.2 Å². The Morgan fingerprint density at radius 2 is 2.19 bits per heavy atom. The van der Waals surface area contributed by atoms with Crippen molar-refractivity contribution in [1.29, 1.82) is 0 Å². The van der Waals surface area contributed by atoms with E-state index in [2.05, 4.69) is 5.32 Å². The zero-order valence-electron chi connectivity index (χ0n) is 12.9. The van der Waals surface area contributed by atoms with Crippen LogP contribution >= 0.6 is 11.6 Å². The van der Waals surface area contributed by atoms with E-state index in [1.807, 2.05) is 38.1 Å². The van der Waals surface area contributed by atoms with Crippen molar-refractivity contribution < 1.29 is 14.6 Å². The molecule has 1 aromatic carbocycles. The largest absolute Gasteiger partial charge is 0.391 e. The van der Waals surface area contributed by atoms with Gasteiger partial charge in [-0.1, -0.05) is 37.6 Å². The van der Waals surface area contributed by atoms with Gasteiger partial charge in [0.15, 0.2) is 0 Å². The summed E-state index contributed by atoms with van der Waals surface area (Å²) >= 11 is 5.96. The number of carbonyl (C=O) groups is 1. The molecule has 5 heteroatoms. The van der Waals surface area contributed by atoms with Crippen LogP contribution in [0.1, 0.15) is 25.8 Å². The summed E-state index contributed by atoms with van der Waals surface area (Å²) < 4.78 is 4.84. The first kappa shape index (κ1) is 18.0. The first-order valence-electron chi connectivity index (χ1n) is 7.05. The molecule has 0 saturated carbocycles. The number of nitrogens with one attached hydrogen (secondary N) is 1. The molecular formula is C16H24ClNO3. The Morgan fingerprint density at radius 3 is 2.81 bits per heavy atom. The molecule has 0 radical (unpaired) electrons. The minimum atomic E-state index is -0.550. The summed E-state index contributed by atoms with van der Waals surface area (Å²) in [7, 11) is 1.54. The number of amides is 1. The van der Waals surface area contributed by atoms with Crippen molar-refractivity contribution in [2.75, 3.05) is 20.3 Å². The number of methoxy groups -OCH3 is 1. The van der Waals surface area contributed by atoms with E-state index < -0.39 is 11.5 Å². The molecule has 0 bridgehead atoms. The highest BCUT2D eigenvalue weighted by Gasteiger charge is 2.27. The second-order valence-corrected chi connectivity index (χ2v) is 6.28. The average molecular weight is 314 g/mol. The standard InChI is InChI=1S/C16H24ClNO3/c1-16(2,10-12-5-4-6-13(17)9-12)15(20)18-8-7-14(19)11-21-3/h4-6,9,14,19H,7-8,10-11H2,1-3H3,(H,18,20). The van der Waals surface area contributed by atoms with Gasteiger partial charge in [0, 0.05) is 24.1 Å². The summed E-state index contributed by atoms with van der Waals surface area (Å²) in [5, 5.41) is 13.1. The number of hydrogen-bond acceptors (Lipinski definition) is 3. The second kappa shape index (κ2) is 8.37. The van der Waals surface area contributed by atoms with Gasteiger partial charge in [0.05, 0.1) is 12.7 Å². The summed E-state index contributed by atoms with van der Waals surface area (Å²) in [4.78, 5) is 12.2. The van der Waals surface area contributed by atoms with Crippen molar-refractivity contribution in [2.24, 2.45) is 5.41 Å². The fourth-order valence-corrected chi connectivity index (χ4v) is 2.32. The number of aliphatic hydroxyl groups excluding tert-OH is 1. The van der Waals surface area contributed by atoms with Gasteiger partial charge in [0.25, 0.3) is 0 Å². The Balaban J connectivity index is 2.47. The van der Waals surface area contributed by atoms with E-state index in [-0.39, 0.29) is 12.5 Å². The SMILES string of the molecule is COCC(O)CCNC(=O)C(C)(C)Cc1cccc(Cl)c1.